The van der Waals surface area contributed by atoms with Crippen molar-refractivity contribution in [2.45, 2.75) is 46.0 Å². The summed E-state index contributed by atoms with van der Waals surface area (Å²) >= 11 is 0. The summed E-state index contributed by atoms with van der Waals surface area (Å²) in [5.41, 5.74) is 1.83. The van der Waals surface area contributed by atoms with Crippen LogP contribution in [0.25, 0.3) is 0 Å². The fourth-order valence-corrected chi connectivity index (χ4v) is 2.69. The molecular formula is C15H19FO. The first-order valence-corrected chi connectivity index (χ1v) is 6.40. The minimum absolute atomic E-state index is 0.160. The molecule has 0 unspecified atom stereocenters. The van der Waals surface area contributed by atoms with Gasteiger partial charge in [0, 0.05) is 11.5 Å². The van der Waals surface area contributed by atoms with Crippen LogP contribution in [0.1, 0.15) is 53.6 Å². The van der Waals surface area contributed by atoms with Crippen LogP contribution in [0.4, 0.5) is 4.39 Å². The molecule has 0 N–H and O–H groups in total. The topological polar surface area (TPSA) is 17.1 Å². The van der Waals surface area contributed by atoms with Crippen molar-refractivity contribution in [1.82, 2.24) is 0 Å². The number of aryl methyl sites for hydroxylation is 2. The van der Waals surface area contributed by atoms with Crippen LogP contribution in [0.5, 0.6) is 0 Å². The summed E-state index contributed by atoms with van der Waals surface area (Å²) in [6.07, 6.45) is 5.53. The van der Waals surface area contributed by atoms with Gasteiger partial charge in [0.25, 0.3) is 0 Å². The first kappa shape index (κ1) is 12.3. The Morgan fingerprint density at radius 2 is 1.65 bits per heavy atom. The molecule has 1 saturated carbocycles. The van der Waals surface area contributed by atoms with Gasteiger partial charge in [0.1, 0.15) is 5.82 Å². The SMILES string of the molecule is Cc1cc(C(=O)C2CCCCC2)cc(C)c1F. The van der Waals surface area contributed by atoms with Crippen molar-refractivity contribution >= 4 is 5.78 Å². The third-order valence-electron chi connectivity index (χ3n) is 3.70. The monoisotopic (exact) mass is 234 g/mol. The molecule has 0 amide bonds. The normalized spacial score (nSPS) is 17.1. The third kappa shape index (κ3) is 2.56. The van der Waals surface area contributed by atoms with Gasteiger partial charge in [0.05, 0.1) is 0 Å². The Morgan fingerprint density at radius 3 is 2.18 bits per heavy atom. The number of Topliss-reactive ketones (excluding diaryl/α,β-unsaturated/α-hetero) is 1. The van der Waals surface area contributed by atoms with Crippen LogP contribution in [0.15, 0.2) is 12.1 Å². The molecule has 1 fully saturated rings. The molecule has 1 aromatic carbocycles. The molecule has 1 aliphatic rings. The Kier molecular flexibility index (Phi) is 3.60. The average Bonchev–Trinajstić information content (AvgIpc) is 2.35. The number of carbonyl (C=O) groups is 1. The van der Waals surface area contributed by atoms with Crippen molar-refractivity contribution in [3.63, 3.8) is 0 Å². The van der Waals surface area contributed by atoms with E-state index in [9.17, 15) is 9.18 Å². The molecule has 0 heterocycles. The zero-order chi connectivity index (χ0) is 12.4. The summed E-state index contributed by atoms with van der Waals surface area (Å²) < 4.78 is 13.5. The van der Waals surface area contributed by atoms with Gasteiger partial charge >= 0.3 is 0 Å². The Balaban J connectivity index is 2.24. The Hall–Kier alpha value is -1.18. The molecule has 17 heavy (non-hydrogen) atoms. The molecule has 0 aromatic heterocycles. The molecule has 2 rings (SSSR count). The fourth-order valence-electron chi connectivity index (χ4n) is 2.69. The van der Waals surface area contributed by atoms with Crippen LogP contribution < -0.4 is 0 Å². The summed E-state index contributed by atoms with van der Waals surface area (Å²) in [4.78, 5) is 12.3. The number of hydrogen-bond acceptors (Lipinski definition) is 1. The summed E-state index contributed by atoms with van der Waals surface area (Å²) in [6.45, 7) is 3.44. The lowest BCUT2D eigenvalue weighted by molar-refractivity contribution is 0.0889. The predicted molar refractivity (Wildman–Crippen MR) is 66.8 cm³/mol. The van der Waals surface area contributed by atoms with Gasteiger partial charge in [-0.15, -0.1) is 0 Å². The largest absolute Gasteiger partial charge is 0.294 e. The zero-order valence-corrected chi connectivity index (χ0v) is 10.6. The molecule has 0 bridgehead atoms. The minimum atomic E-state index is -0.190. The van der Waals surface area contributed by atoms with Crippen molar-refractivity contribution < 1.29 is 9.18 Å². The molecule has 92 valence electrons. The summed E-state index contributed by atoms with van der Waals surface area (Å²) in [5, 5.41) is 0. The number of carbonyl (C=O) groups excluding carboxylic acids is 1. The first-order chi connectivity index (χ1) is 8.09. The maximum Gasteiger partial charge on any atom is 0.165 e. The van der Waals surface area contributed by atoms with Crippen molar-refractivity contribution in [2.24, 2.45) is 5.92 Å². The number of hydrogen-bond donors (Lipinski definition) is 0. The van der Waals surface area contributed by atoms with Gasteiger partial charge in [-0.05, 0) is 49.9 Å². The van der Waals surface area contributed by atoms with E-state index in [0.29, 0.717) is 16.7 Å². The minimum Gasteiger partial charge on any atom is -0.294 e. The Labute approximate surface area is 102 Å². The highest BCUT2D eigenvalue weighted by atomic mass is 19.1. The third-order valence-corrected chi connectivity index (χ3v) is 3.70. The van der Waals surface area contributed by atoms with Gasteiger partial charge in [-0.2, -0.15) is 0 Å². The predicted octanol–water partition coefficient (Wildman–Crippen LogP) is 4.21. The van der Waals surface area contributed by atoms with Crippen LogP contribution in [0.3, 0.4) is 0 Å². The molecule has 1 aromatic rings. The van der Waals surface area contributed by atoms with E-state index in [1.165, 1.54) is 6.42 Å². The number of halogens is 1. The summed E-state index contributed by atoms with van der Waals surface area (Å²) in [6, 6.07) is 3.39. The molecule has 1 nitrogen and oxygen atoms in total. The van der Waals surface area contributed by atoms with E-state index in [1.54, 1.807) is 26.0 Å². The number of ketones is 1. The van der Waals surface area contributed by atoms with E-state index in [-0.39, 0.29) is 17.5 Å². The molecule has 0 radical (unpaired) electrons. The van der Waals surface area contributed by atoms with Crippen molar-refractivity contribution in [3.05, 3.63) is 34.6 Å². The lowest BCUT2D eigenvalue weighted by Gasteiger charge is -2.20. The lowest BCUT2D eigenvalue weighted by atomic mass is 9.83. The second-order valence-electron chi connectivity index (χ2n) is 5.12. The second-order valence-corrected chi connectivity index (χ2v) is 5.12. The van der Waals surface area contributed by atoms with E-state index < -0.39 is 0 Å². The first-order valence-electron chi connectivity index (χ1n) is 6.40. The van der Waals surface area contributed by atoms with Crippen molar-refractivity contribution in [2.75, 3.05) is 0 Å². The highest BCUT2D eigenvalue weighted by Crippen LogP contribution is 2.28. The Morgan fingerprint density at radius 1 is 1.12 bits per heavy atom. The van der Waals surface area contributed by atoms with Crippen molar-refractivity contribution in [3.8, 4) is 0 Å². The average molecular weight is 234 g/mol. The van der Waals surface area contributed by atoms with Gasteiger partial charge in [-0.1, -0.05) is 19.3 Å². The molecule has 2 heteroatoms. The number of benzene rings is 1. The molecule has 0 atom stereocenters. The molecule has 1 aliphatic carbocycles. The van der Waals surface area contributed by atoms with Crippen LogP contribution in [-0.4, -0.2) is 5.78 Å². The second kappa shape index (κ2) is 4.99. The van der Waals surface area contributed by atoms with E-state index in [4.69, 9.17) is 0 Å². The Bertz CT molecular complexity index is 408. The van der Waals surface area contributed by atoms with E-state index in [0.717, 1.165) is 25.7 Å². The highest BCUT2D eigenvalue weighted by Gasteiger charge is 2.23. The lowest BCUT2D eigenvalue weighted by Crippen LogP contribution is -2.18. The maximum atomic E-state index is 13.5. The van der Waals surface area contributed by atoms with Crippen LogP contribution in [0.2, 0.25) is 0 Å². The van der Waals surface area contributed by atoms with Crippen molar-refractivity contribution in [1.29, 1.82) is 0 Å². The summed E-state index contributed by atoms with van der Waals surface area (Å²) in [7, 11) is 0. The smallest absolute Gasteiger partial charge is 0.165 e. The number of rotatable bonds is 2. The van der Waals surface area contributed by atoms with Crippen LogP contribution >= 0.6 is 0 Å². The van der Waals surface area contributed by atoms with Gasteiger partial charge in [-0.3, -0.25) is 4.79 Å². The quantitative estimate of drug-likeness (QED) is 0.701. The van der Waals surface area contributed by atoms with Crippen LogP contribution in [-0.2, 0) is 0 Å². The zero-order valence-electron chi connectivity index (χ0n) is 10.6. The molecule has 0 saturated heterocycles. The standard InChI is InChI=1S/C15H19FO/c1-10-8-13(9-11(2)14(10)16)15(17)12-6-4-3-5-7-12/h8-9,12H,3-7H2,1-2H3. The van der Waals surface area contributed by atoms with Gasteiger partial charge in [0.15, 0.2) is 5.78 Å². The highest BCUT2D eigenvalue weighted by molar-refractivity contribution is 5.98. The van der Waals surface area contributed by atoms with Gasteiger partial charge in [0.2, 0.25) is 0 Å². The van der Waals surface area contributed by atoms with Gasteiger partial charge in [-0.25, -0.2) is 4.39 Å². The van der Waals surface area contributed by atoms with Gasteiger partial charge < -0.3 is 0 Å². The molecular weight excluding hydrogens is 215 g/mol. The molecule has 0 aliphatic heterocycles. The van der Waals surface area contributed by atoms with E-state index in [2.05, 4.69) is 0 Å². The molecule has 0 spiro atoms. The van der Waals surface area contributed by atoms with E-state index in [1.807, 2.05) is 0 Å². The fraction of sp³-hybridized carbons (Fsp3) is 0.533. The van der Waals surface area contributed by atoms with Crippen LogP contribution in [0, 0.1) is 25.6 Å². The maximum absolute atomic E-state index is 13.5. The summed E-state index contributed by atoms with van der Waals surface area (Å²) in [5.74, 6) is 0.175. The van der Waals surface area contributed by atoms with E-state index >= 15 is 0 Å².